The molecule has 1 amide bonds. The molecule has 0 heterocycles. The maximum Gasteiger partial charge on any atom is 0.230 e. The van der Waals surface area contributed by atoms with Gasteiger partial charge in [0.05, 0.1) is 5.69 Å². The van der Waals surface area contributed by atoms with E-state index in [2.05, 4.69) is 47.2 Å². The van der Waals surface area contributed by atoms with Crippen LogP contribution in [0.3, 0.4) is 0 Å². The van der Waals surface area contributed by atoms with Gasteiger partial charge in [0.25, 0.3) is 0 Å². The number of anilines is 1. The summed E-state index contributed by atoms with van der Waals surface area (Å²) < 4.78 is 1.54. The van der Waals surface area contributed by atoms with Gasteiger partial charge in [0.2, 0.25) is 5.91 Å². The summed E-state index contributed by atoms with van der Waals surface area (Å²) in [6.45, 7) is 1.73. The van der Waals surface area contributed by atoms with E-state index in [1.165, 1.54) is 0 Å². The van der Waals surface area contributed by atoms with E-state index < -0.39 is 0 Å². The van der Waals surface area contributed by atoms with Crippen molar-refractivity contribution in [3.63, 3.8) is 0 Å². The highest BCUT2D eigenvalue weighted by atomic mass is 79.9. The molecule has 1 aromatic rings. The molecule has 84 valence electrons. The molecular weight excluding hydrogens is 340 g/mol. The second-order valence-corrected chi connectivity index (χ2v) is 4.75. The summed E-state index contributed by atoms with van der Waals surface area (Å²) in [6.07, 6.45) is 0. The van der Waals surface area contributed by atoms with E-state index in [-0.39, 0.29) is 12.5 Å². The number of nitrogens with zero attached hydrogens (tertiary/aromatic N) is 3. The largest absolute Gasteiger partial charge is 0.324 e. The van der Waals surface area contributed by atoms with Crippen LogP contribution in [0.1, 0.15) is 5.56 Å². The molecule has 0 saturated heterocycles. The topological polar surface area (TPSA) is 77.9 Å². The van der Waals surface area contributed by atoms with Crippen LogP contribution in [-0.2, 0) is 4.79 Å². The Morgan fingerprint density at radius 1 is 1.50 bits per heavy atom. The fourth-order valence-electron chi connectivity index (χ4n) is 1.09. The highest BCUT2D eigenvalue weighted by molar-refractivity contribution is 9.11. The number of hydrogen-bond acceptors (Lipinski definition) is 2. The van der Waals surface area contributed by atoms with Crippen LogP contribution in [-0.4, -0.2) is 12.5 Å². The lowest BCUT2D eigenvalue weighted by molar-refractivity contribution is -0.114. The Morgan fingerprint density at radius 2 is 2.06 bits per heavy atom. The van der Waals surface area contributed by atoms with Crippen molar-refractivity contribution >= 4 is 43.5 Å². The van der Waals surface area contributed by atoms with Crippen molar-refractivity contribution in [2.24, 2.45) is 5.11 Å². The summed E-state index contributed by atoms with van der Waals surface area (Å²) in [7, 11) is 0. The van der Waals surface area contributed by atoms with E-state index >= 15 is 0 Å². The fourth-order valence-corrected chi connectivity index (χ4v) is 2.71. The number of aryl methyl sites for hydroxylation is 1. The molecule has 0 aliphatic heterocycles. The Bertz CT molecular complexity index is 446. The summed E-state index contributed by atoms with van der Waals surface area (Å²) >= 11 is 6.69. The monoisotopic (exact) mass is 346 g/mol. The standard InChI is InChI=1S/C9H8Br2N4O/c1-5-2-6(10)9(7(11)3-5)14-8(16)4-13-15-12/h2-3H,4H2,1H3,(H,14,16). The van der Waals surface area contributed by atoms with Gasteiger partial charge in [-0.2, -0.15) is 0 Å². The molecule has 0 unspecified atom stereocenters. The number of carbonyl (C=O) groups excluding carboxylic acids is 1. The predicted octanol–water partition coefficient (Wildman–Crippen LogP) is 3.77. The number of halogens is 2. The van der Waals surface area contributed by atoms with Crippen molar-refractivity contribution in [2.45, 2.75) is 6.92 Å². The van der Waals surface area contributed by atoms with E-state index in [1.807, 2.05) is 19.1 Å². The molecule has 1 rings (SSSR count). The Hall–Kier alpha value is -1.04. The van der Waals surface area contributed by atoms with Gasteiger partial charge in [0.1, 0.15) is 6.54 Å². The lowest BCUT2D eigenvalue weighted by Crippen LogP contribution is -2.15. The fraction of sp³-hybridized carbons (Fsp3) is 0.222. The van der Waals surface area contributed by atoms with Crippen LogP contribution < -0.4 is 5.32 Å². The van der Waals surface area contributed by atoms with Crippen LogP contribution in [0.2, 0.25) is 0 Å². The lowest BCUT2D eigenvalue weighted by atomic mass is 10.2. The smallest absolute Gasteiger partial charge is 0.230 e. The highest BCUT2D eigenvalue weighted by Gasteiger charge is 2.09. The number of nitrogens with one attached hydrogen (secondary N) is 1. The molecule has 7 heteroatoms. The van der Waals surface area contributed by atoms with Crippen LogP contribution in [0.5, 0.6) is 0 Å². The summed E-state index contributed by atoms with van der Waals surface area (Å²) in [4.78, 5) is 13.9. The minimum atomic E-state index is -0.358. The van der Waals surface area contributed by atoms with Gasteiger partial charge in [-0.3, -0.25) is 4.79 Å². The van der Waals surface area contributed by atoms with Crippen LogP contribution in [0, 0.1) is 6.92 Å². The number of amides is 1. The third kappa shape index (κ3) is 3.52. The molecule has 1 aromatic carbocycles. The zero-order valence-corrected chi connectivity index (χ0v) is 11.5. The van der Waals surface area contributed by atoms with Crippen molar-refractivity contribution in [3.05, 3.63) is 37.1 Å². The average molecular weight is 348 g/mol. The van der Waals surface area contributed by atoms with Gasteiger partial charge in [-0.1, -0.05) is 5.11 Å². The summed E-state index contributed by atoms with van der Waals surface area (Å²) in [5, 5.41) is 5.83. The SMILES string of the molecule is Cc1cc(Br)c(NC(=O)CN=[N+]=[N-])c(Br)c1. The van der Waals surface area contributed by atoms with Gasteiger partial charge in [0, 0.05) is 13.9 Å². The first kappa shape index (κ1) is 13.0. The average Bonchev–Trinajstić information content (AvgIpc) is 2.20. The summed E-state index contributed by atoms with van der Waals surface area (Å²) in [5.74, 6) is -0.358. The molecule has 0 atom stereocenters. The summed E-state index contributed by atoms with van der Waals surface area (Å²) in [5.41, 5.74) is 9.78. The van der Waals surface area contributed by atoms with E-state index in [9.17, 15) is 4.79 Å². The zero-order valence-electron chi connectivity index (χ0n) is 8.37. The quantitative estimate of drug-likeness (QED) is 0.504. The number of carbonyl (C=O) groups is 1. The van der Waals surface area contributed by atoms with Crippen LogP contribution in [0.25, 0.3) is 10.4 Å². The molecule has 0 aliphatic rings. The van der Waals surface area contributed by atoms with Gasteiger partial charge < -0.3 is 5.32 Å². The number of benzene rings is 1. The second-order valence-electron chi connectivity index (χ2n) is 3.04. The minimum Gasteiger partial charge on any atom is -0.324 e. The molecule has 1 N–H and O–H groups in total. The molecule has 16 heavy (non-hydrogen) atoms. The second kappa shape index (κ2) is 5.89. The Kier molecular flexibility index (Phi) is 4.79. The van der Waals surface area contributed by atoms with E-state index in [0.29, 0.717) is 5.69 Å². The van der Waals surface area contributed by atoms with Crippen molar-refractivity contribution < 1.29 is 4.79 Å². The minimum absolute atomic E-state index is 0.219. The van der Waals surface area contributed by atoms with Gasteiger partial charge in [-0.05, 0) is 62.0 Å². The number of azide groups is 1. The van der Waals surface area contributed by atoms with Crippen LogP contribution >= 0.6 is 31.9 Å². The molecule has 0 spiro atoms. The molecular formula is C9H8Br2N4O. The molecule has 0 aromatic heterocycles. The normalized spacial score (nSPS) is 9.44. The van der Waals surface area contributed by atoms with Crippen molar-refractivity contribution in [3.8, 4) is 0 Å². The van der Waals surface area contributed by atoms with E-state index in [0.717, 1.165) is 14.5 Å². The first-order valence-electron chi connectivity index (χ1n) is 4.31. The highest BCUT2D eigenvalue weighted by Crippen LogP contribution is 2.32. The Labute approximate surface area is 109 Å². The first-order chi connectivity index (χ1) is 7.54. The van der Waals surface area contributed by atoms with Gasteiger partial charge in [-0.25, -0.2) is 0 Å². The van der Waals surface area contributed by atoms with Crippen molar-refractivity contribution in [2.75, 3.05) is 11.9 Å². The maximum atomic E-state index is 11.3. The third-order valence-electron chi connectivity index (χ3n) is 1.73. The zero-order chi connectivity index (χ0) is 12.1. The number of rotatable bonds is 3. The van der Waals surface area contributed by atoms with Crippen LogP contribution in [0.15, 0.2) is 26.2 Å². The third-order valence-corrected chi connectivity index (χ3v) is 2.98. The molecule has 0 bridgehead atoms. The maximum absolute atomic E-state index is 11.3. The van der Waals surface area contributed by atoms with Crippen molar-refractivity contribution in [1.82, 2.24) is 0 Å². The van der Waals surface area contributed by atoms with E-state index in [1.54, 1.807) is 0 Å². The van der Waals surface area contributed by atoms with E-state index in [4.69, 9.17) is 5.53 Å². The molecule has 0 radical (unpaired) electrons. The molecule has 0 aliphatic carbocycles. The van der Waals surface area contributed by atoms with Crippen LogP contribution in [0.4, 0.5) is 5.69 Å². The lowest BCUT2D eigenvalue weighted by Gasteiger charge is -2.09. The Balaban J connectivity index is 2.89. The first-order valence-corrected chi connectivity index (χ1v) is 5.89. The van der Waals surface area contributed by atoms with Gasteiger partial charge in [-0.15, -0.1) is 0 Å². The van der Waals surface area contributed by atoms with Gasteiger partial charge in [0.15, 0.2) is 0 Å². The molecule has 0 fully saturated rings. The van der Waals surface area contributed by atoms with Gasteiger partial charge >= 0.3 is 0 Å². The molecule has 0 saturated carbocycles. The summed E-state index contributed by atoms with van der Waals surface area (Å²) in [6, 6.07) is 3.77. The Morgan fingerprint density at radius 3 is 2.56 bits per heavy atom. The predicted molar refractivity (Wildman–Crippen MR) is 69.2 cm³/mol. The molecule has 5 nitrogen and oxygen atoms in total. The number of hydrogen-bond donors (Lipinski definition) is 1. The van der Waals surface area contributed by atoms with Crippen molar-refractivity contribution in [1.29, 1.82) is 0 Å².